The summed E-state index contributed by atoms with van der Waals surface area (Å²) in [5.41, 5.74) is -0.587. The number of hydrogen-bond acceptors (Lipinski definition) is 7. The number of ether oxygens (including phenoxy) is 1. The Hall–Kier alpha value is -3.17. The van der Waals surface area contributed by atoms with Gasteiger partial charge in [-0.15, -0.1) is 0 Å². The van der Waals surface area contributed by atoms with Gasteiger partial charge < -0.3 is 14.5 Å². The van der Waals surface area contributed by atoms with Gasteiger partial charge in [0, 0.05) is 50.5 Å². The van der Waals surface area contributed by atoms with Gasteiger partial charge in [-0.05, 0) is 37.0 Å². The second-order valence-electron chi connectivity index (χ2n) is 7.61. The van der Waals surface area contributed by atoms with Gasteiger partial charge in [0.1, 0.15) is 11.5 Å². The standard InChI is InChI=1S/C21H23F3N6O/c1-29(20-26-10-6-18(28-20)31-2)13-14-7-11-30(12-8-14)19-15-3-4-17(21(22,23)24)27-16(15)5-9-25-19/h3-6,9-10,14H,7-8,11-13H2,1-2H3. The van der Waals surface area contributed by atoms with E-state index in [9.17, 15) is 13.2 Å². The molecule has 0 N–H and O–H groups in total. The van der Waals surface area contributed by atoms with Crippen LogP contribution in [0.25, 0.3) is 10.9 Å². The van der Waals surface area contributed by atoms with E-state index < -0.39 is 11.9 Å². The highest BCUT2D eigenvalue weighted by molar-refractivity contribution is 5.89. The van der Waals surface area contributed by atoms with Crippen molar-refractivity contribution in [1.82, 2.24) is 19.9 Å². The van der Waals surface area contributed by atoms with Crippen LogP contribution in [0.2, 0.25) is 0 Å². The first-order chi connectivity index (χ1) is 14.8. The lowest BCUT2D eigenvalue weighted by Crippen LogP contribution is -2.38. The fraction of sp³-hybridized carbons (Fsp3) is 0.429. The Kier molecular flexibility index (Phi) is 5.79. The molecule has 4 rings (SSSR count). The molecule has 0 spiro atoms. The number of halogens is 3. The second kappa shape index (κ2) is 8.52. The highest BCUT2D eigenvalue weighted by Gasteiger charge is 2.33. The first-order valence-electron chi connectivity index (χ1n) is 10.0. The van der Waals surface area contributed by atoms with Gasteiger partial charge in [0.2, 0.25) is 11.8 Å². The van der Waals surface area contributed by atoms with Crippen molar-refractivity contribution < 1.29 is 17.9 Å². The quantitative estimate of drug-likeness (QED) is 0.608. The molecule has 3 aromatic heterocycles. The molecule has 0 amide bonds. The van der Waals surface area contributed by atoms with Crippen LogP contribution in [0.5, 0.6) is 5.88 Å². The van der Waals surface area contributed by atoms with Crippen LogP contribution < -0.4 is 14.5 Å². The normalized spacial score (nSPS) is 15.3. The van der Waals surface area contributed by atoms with Crippen LogP contribution in [0, 0.1) is 5.92 Å². The molecule has 0 saturated carbocycles. The topological polar surface area (TPSA) is 67.3 Å². The molecule has 0 aliphatic carbocycles. The zero-order valence-corrected chi connectivity index (χ0v) is 17.3. The first-order valence-corrected chi connectivity index (χ1v) is 10.0. The lowest BCUT2D eigenvalue weighted by atomic mass is 9.96. The summed E-state index contributed by atoms with van der Waals surface area (Å²) < 4.78 is 44.1. The van der Waals surface area contributed by atoms with Crippen molar-refractivity contribution in [2.75, 3.05) is 43.6 Å². The lowest BCUT2D eigenvalue weighted by Gasteiger charge is -2.35. The molecule has 0 bridgehead atoms. The van der Waals surface area contributed by atoms with Gasteiger partial charge in [-0.25, -0.2) is 15.0 Å². The summed E-state index contributed by atoms with van der Waals surface area (Å²) in [6.07, 6.45) is 0.588. The minimum Gasteiger partial charge on any atom is -0.481 e. The van der Waals surface area contributed by atoms with Gasteiger partial charge in [-0.3, -0.25) is 0 Å². The molecule has 7 nitrogen and oxygen atoms in total. The van der Waals surface area contributed by atoms with Crippen LogP contribution in [-0.2, 0) is 6.18 Å². The Morgan fingerprint density at radius 3 is 2.52 bits per heavy atom. The Morgan fingerprint density at radius 2 is 1.81 bits per heavy atom. The molecule has 1 saturated heterocycles. The molecule has 164 valence electrons. The summed E-state index contributed by atoms with van der Waals surface area (Å²) in [6, 6.07) is 5.71. The number of pyridine rings is 2. The maximum Gasteiger partial charge on any atom is 0.433 e. The van der Waals surface area contributed by atoms with Crippen molar-refractivity contribution in [2.45, 2.75) is 19.0 Å². The monoisotopic (exact) mass is 432 g/mol. The third kappa shape index (κ3) is 4.62. The average Bonchev–Trinajstić information content (AvgIpc) is 2.78. The zero-order valence-electron chi connectivity index (χ0n) is 17.3. The first kappa shape index (κ1) is 21.1. The van der Waals surface area contributed by atoms with E-state index >= 15 is 0 Å². The fourth-order valence-electron chi connectivity index (χ4n) is 3.88. The molecule has 31 heavy (non-hydrogen) atoms. The van der Waals surface area contributed by atoms with Crippen molar-refractivity contribution in [1.29, 1.82) is 0 Å². The van der Waals surface area contributed by atoms with E-state index in [1.807, 2.05) is 11.9 Å². The van der Waals surface area contributed by atoms with E-state index in [0.717, 1.165) is 38.5 Å². The van der Waals surface area contributed by atoms with Gasteiger partial charge in [0.15, 0.2) is 0 Å². The molecule has 1 aliphatic heterocycles. The van der Waals surface area contributed by atoms with Crippen LogP contribution in [0.1, 0.15) is 18.5 Å². The number of aromatic nitrogens is 4. The van der Waals surface area contributed by atoms with Crippen molar-refractivity contribution in [3.05, 3.63) is 42.4 Å². The largest absolute Gasteiger partial charge is 0.481 e. The number of piperidine rings is 1. The van der Waals surface area contributed by atoms with Crippen LogP contribution in [-0.4, -0.2) is 53.7 Å². The summed E-state index contributed by atoms with van der Waals surface area (Å²) in [4.78, 5) is 21.0. The molecular formula is C21H23F3N6O. The predicted molar refractivity (Wildman–Crippen MR) is 111 cm³/mol. The van der Waals surface area contributed by atoms with Crippen LogP contribution >= 0.6 is 0 Å². The maximum absolute atomic E-state index is 13.0. The van der Waals surface area contributed by atoms with Crippen LogP contribution in [0.15, 0.2) is 36.7 Å². The molecular weight excluding hydrogens is 409 g/mol. The minimum absolute atomic E-state index is 0.303. The SMILES string of the molecule is COc1ccnc(N(C)CC2CCN(c3nccc4nc(C(F)(F)F)ccc34)CC2)n1. The molecule has 0 atom stereocenters. The van der Waals surface area contributed by atoms with Gasteiger partial charge in [0.25, 0.3) is 0 Å². The number of anilines is 2. The van der Waals surface area contributed by atoms with Crippen LogP contribution in [0.3, 0.4) is 0 Å². The number of methoxy groups -OCH3 is 1. The second-order valence-corrected chi connectivity index (χ2v) is 7.61. The third-order valence-electron chi connectivity index (χ3n) is 5.50. The summed E-state index contributed by atoms with van der Waals surface area (Å²) in [7, 11) is 3.53. The molecule has 0 radical (unpaired) electrons. The lowest BCUT2D eigenvalue weighted by molar-refractivity contribution is -0.140. The predicted octanol–water partition coefficient (Wildman–Crippen LogP) is 3.80. The van der Waals surface area contributed by atoms with E-state index in [-0.39, 0.29) is 0 Å². The molecule has 1 fully saturated rings. The van der Waals surface area contributed by atoms with Crippen molar-refractivity contribution in [2.24, 2.45) is 5.92 Å². The average molecular weight is 432 g/mol. The van der Waals surface area contributed by atoms with Gasteiger partial charge in [-0.1, -0.05) is 0 Å². The van der Waals surface area contributed by atoms with E-state index in [4.69, 9.17) is 4.74 Å². The van der Waals surface area contributed by atoms with Crippen molar-refractivity contribution in [3.63, 3.8) is 0 Å². The fourth-order valence-corrected chi connectivity index (χ4v) is 3.88. The Morgan fingerprint density at radius 1 is 1.06 bits per heavy atom. The smallest absolute Gasteiger partial charge is 0.433 e. The molecule has 1 aliphatic rings. The van der Waals surface area contributed by atoms with Gasteiger partial charge >= 0.3 is 6.18 Å². The van der Waals surface area contributed by atoms with Gasteiger partial charge in [0.05, 0.1) is 12.6 Å². The summed E-state index contributed by atoms with van der Waals surface area (Å²) in [6.45, 7) is 2.34. The number of nitrogens with zero attached hydrogens (tertiary/aromatic N) is 6. The number of alkyl halides is 3. The molecule has 3 aromatic rings. The summed E-state index contributed by atoms with van der Waals surface area (Å²) in [5, 5.41) is 0.635. The molecule has 4 heterocycles. The molecule has 0 aromatic carbocycles. The van der Waals surface area contributed by atoms with E-state index in [1.165, 1.54) is 18.3 Å². The van der Waals surface area contributed by atoms with E-state index in [2.05, 4.69) is 24.8 Å². The Bertz CT molecular complexity index is 1050. The number of rotatable bonds is 5. The van der Waals surface area contributed by atoms with Crippen molar-refractivity contribution in [3.8, 4) is 5.88 Å². The molecule has 0 unspecified atom stereocenters. The van der Waals surface area contributed by atoms with E-state index in [0.29, 0.717) is 34.5 Å². The molecule has 10 heteroatoms. The number of fused-ring (bicyclic) bond motifs is 1. The van der Waals surface area contributed by atoms with Gasteiger partial charge in [-0.2, -0.15) is 18.2 Å². The minimum atomic E-state index is -4.46. The zero-order chi connectivity index (χ0) is 22.0. The van der Waals surface area contributed by atoms with Crippen molar-refractivity contribution >= 4 is 22.7 Å². The Balaban J connectivity index is 1.43. The summed E-state index contributed by atoms with van der Waals surface area (Å²) >= 11 is 0. The van der Waals surface area contributed by atoms with Crippen LogP contribution in [0.4, 0.5) is 24.9 Å². The summed E-state index contributed by atoms with van der Waals surface area (Å²) in [5.74, 6) is 2.27. The highest BCUT2D eigenvalue weighted by atomic mass is 19.4. The maximum atomic E-state index is 13.0. The highest BCUT2D eigenvalue weighted by Crippen LogP contribution is 2.32. The van der Waals surface area contributed by atoms with E-state index in [1.54, 1.807) is 19.4 Å². The Labute approximate surface area is 177 Å². The third-order valence-corrected chi connectivity index (χ3v) is 5.50. The number of hydrogen-bond donors (Lipinski definition) is 0.